The monoisotopic (exact) mass is 191 g/mol. The van der Waals surface area contributed by atoms with Gasteiger partial charge in [0.25, 0.3) is 0 Å². The SMILES string of the molecule is Cc1cc(C#N)cc(O)c1CC(=O)O. The molecule has 0 fully saturated rings. The Labute approximate surface area is 81.0 Å². The van der Waals surface area contributed by atoms with Crippen LogP contribution in [0.1, 0.15) is 16.7 Å². The standard InChI is InChI=1S/C10H9NO3/c1-6-2-7(5-11)3-9(12)8(6)4-10(13)14/h2-3,12H,4H2,1H3,(H,13,14). The Morgan fingerprint density at radius 3 is 2.64 bits per heavy atom. The fraction of sp³-hybridized carbons (Fsp3) is 0.200. The number of rotatable bonds is 2. The van der Waals surface area contributed by atoms with E-state index in [1.165, 1.54) is 6.07 Å². The predicted octanol–water partition coefficient (Wildman–Crippen LogP) is 1.20. The van der Waals surface area contributed by atoms with Crippen molar-refractivity contribution in [2.24, 2.45) is 0 Å². The molecule has 1 aromatic rings. The van der Waals surface area contributed by atoms with Crippen molar-refractivity contribution in [1.29, 1.82) is 5.26 Å². The van der Waals surface area contributed by atoms with Crippen molar-refractivity contribution in [1.82, 2.24) is 0 Å². The molecule has 0 heterocycles. The lowest BCUT2D eigenvalue weighted by Crippen LogP contribution is -2.02. The van der Waals surface area contributed by atoms with E-state index in [9.17, 15) is 9.90 Å². The van der Waals surface area contributed by atoms with Crippen LogP contribution >= 0.6 is 0 Å². The van der Waals surface area contributed by atoms with E-state index in [0.717, 1.165) is 0 Å². The summed E-state index contributed by atoms with van der Waals surface area (Å²) < 4.78 is 0. The van der Waals surface area contributed by atoms with Crippen molar-refractivity contribution >= 4 is 5.97 Å². The first-order valence-corrected chi connectivity index (χ1v) is 3.99. The second-order valence-electron chi connectivity index (χ2n) is 2.97. The molecule has 0 atom stereocenters. The van der Waals surface area contributed by atoms with Crippen LogP contribution in [0.3, 0.4) is 0 Å². The summed E-state index contributed by atoms with van der Waals surface area (Å²) in [5.41, 5.74) is 1.30. The summed E-state index contributed by atoms with van der Waals surface area (Å²) in [6.07, 6.45) is -0.233. The molecule has 0 unspecified atom stereocenters. The van der Waals surface area contributed by atoms with Crippen LogP contribution in [0.4, 0.5) is 0 Å². The minimum atomic E-state index is -1.01. The van der Waals surface area contributed by atoms with Gasteiger partial charge in [-0.25, -0.2) is 0 Å². The van der Waals surface area contributed by atoms with Crippen LogP contribution in [0.25, 0.3) is 0 Å². The number of benzene rings is 1. The molecule has 0 amide bonds. The number of carbonyl (C=O) groups is 1. The largest absolute Gasteiger partial charge is 0.508 e. The second-order valence-corrected chi connectivity index (χ2v) is 2.97. The third-order valence-corrected chi connectivity index (χ3v) is 1.91. The summed E-state index contributed by atoms with van der Waals surface area (Å²) in [5.74, 6) is -1.14. The number of aryl methyl sites for hydroxylation is 1. The molecule has 4 heteroatoms. The van der Waals surface area contributed by atoms with Gasteiger partial charge >= 0.3 is 5.97 Å². The summed E-state index contributed by atoms with van der Waals surface area (Å²) in [5, 5.41) is 26.6. The van der Waals surface area contributed by atoms with E-state index in [2.05, 4.69) is 0 Å². The number of nitriles is 1. The van der Waals surface area contributed by atoms with Crippen molar-refractivity contribution in [2.45, 2.75) is 13.3 Å². The molecular formula is C10H9NO3. The maximum atomic E-state index is 10.5. The first-order valence-electron chi connectivity index (χ1n) is 3.99. The van der Waals surface area contributed by atoms with Gasteiger partial charge in [0.1, 0.15) is 5.75 Å². The highest BCUT2D eigenvalue weighted by atomic mass is 16.4. The molecule has 0 aliphatic heterocycles. The van der Waals surface area contributed by atoms with E-state index >= 15 is 0 Å². The van der Waals surface area contributed by atoms with Crippen LogP contribution in [0, 0.1) is 18.3 Å². The van der Waals surface area contributed by atoms with E-state index in [-0.39, 0.29) is 12.2 Å². The quantitative estimate of drug-likeness (QED) is 0.735. The molecule has 14 heavy (non-hydrogen) atoms. The maximum absolute atomic E-state index is 10.5. The molecule has 0 saturated heterocycles. The molecule has 0 aliphatic rings. The predicted molar refractivity (Wildman–Crippen MR) is 48.9 cm³/mol. The average Bonchev–Trinajstić information content (AvgIpc) is 2.10. The van der Waals surface area contributed by atoms with Crippen molar-refractivity contribution in [3.05, 3.63) is 28.8 Å². The van der Waals surface area contributed by atoms with Crippen LogP contribution in [-0.2, 0) is 11.2 Å². The van der Waals surface area contributed by atoms with Gasteiger partial charge in [-0.1, -0.05) is 0 Å². The Balaban J connectivity index is 3.19. The van der Waals surface area contributed by atoms with E-state index in [1.54, 1.807) is 13.0 Å². The molecule has 0 aliphatic carbocycles. The van der Waals surface area contributed by atoms with Gasteiger partial charge in [0.15, 0.2) is 0 Å². The average molecular weight is 191 g/mol. The number of nitrogens with zero attached hydrogens (tertiary/aromatic N) is 1. The van der Waals surface area contributed by atoms with Crippen LogP contribution in [0.15, 0.2) is 12.1 Å². The summed E-state index contributed by atoms with van der Waals surface area (Å²) in [6, 6.07) is 4.70. The first kappa shape index (κ1) is 10.1. The molecule has 4 nitrogen and oxygen atoms in total. The number of aromatic hydroxyl groups is 1. The topological polar surface area (TPSA) is 81.3 Å². The summed E-state index contributed by atoms with van der Waals surface area (Å²) >= 11 is 0. The Morgan fingerprint density at radius 2 is 2.21 bits per heavy atom. The number of hydrogen-bond donors (Lipinski definition) is 2. The number of phenolic OH excluding ortho intramolecular Hbond substituents is 1. The molecule has 1 rings (SSSR count). The van der Waals surface area contributed by atoms with Crippen LogP contribution in [-0.4, -0.2) is 16.2 Å². The van der Waals surface area contributed by atoms with Gasteiger partial charge in [-0.15, -0.1) is 0 Å². The third-order valence-electron chi connectivity index (χ3n) is 1.91. The Kier molecular flexibility index (Phi) is 2.73. The number of carboxylic acid groups (broad SMARTS) is 1. The Bertz CT molecular complexity index is 395. The molecule has 1 aromatic carbocycles. The lowest BCUT2D eigenvalue weighted by Gasteiger charge is -2.06. The summed E-state index contributed by atoms with van der Waals surface area (Å²) in [6.45, 7) is 1.67. The van der Waals surface area contributed by atoms with Crippen LogP contribution in [0.2, 0.25) is 0 Å². The highest BCUT2D eigenvalue weighted by Gasteiger charge is 2.10. The zero-order chi connectivity index (χ0) is 10.7. The third kappa shape index (κ3) is 2.02. The lowest BCUT2D eigenvalue weighted by atomic mass is 10.0. The highest BCUT2D eigenvalue weighted by molar-refractivity contribution is 5.72. The molecular weight excluding hydrogens is 182 g/mol. The zero-order valence-electron chi connectivity index (χ0n) is 7.61. The van der Waals surface area contributed by atoms with E-state index < -0.39 is 5.97 Å². The number of phenols is 1. The number of aliphatic carboxylic acids is 1. The second kappa shape index (κ2) is 3.79. The maximum Gasteiger partial charge on any atom is 0.307 e. The van der Waals surface area contributed by atoms with Gasteiger partial charge in [-0.05, 0) is 24.6 Å². The van der Waals surface area contributed by atoms with Crippen LogP contribution < -0.4 is 0 Å². The minimum absolute atomic E-state index is 0.135. The minimum Gasteiger partial charge on any atom is -0.508 e. The van der Waals surface area contributed by atoms with Gasteiger partial charge in [-0.2, -0.15) is 5.26 Å². The van der Waals surface area contributed by atoms with Crippen molar-refractivity contribution in [2.75, 3.05) is 0 Å². The summed E-state index contributed by atoms with van der Waals surface area (Å²) in [7, 11) is 0. The summed E-state index contributed by atoms with van der Waals surface area (Å²) in [4.78, 5) is 10.5. The fourth-order valence-corrected chi connectivity index (χ4v) is 1.24. The smallest absolute Gasteiger partial charge is 0.307 e. The highest BCUT2D eigenvalue weighted by Crippen LogP contribution is 2.23. The van der Waals surface area contributed by atoms with Gasteiger partial charge < -0.3 is 10.2 Å². The van der Waals surface area contributed by atoms with Crippen LogP contribution in [0.5, 0.6) is 5.75 Å². The number of carboxylic acids is 1. The van der Waals surface area contributed by atoms with Gasteiger partial charge in [0, 0.05) is 5.56 Å². The molecule has 0 radical (unpaired) electrons. The molecule has 0 aromatic heterocycles. The van der Waals surface area contributed by atoms with Crippen molar-refractivity contribution in [3.63, 3.8) is 0 Å². The molecule has 0 saturated carbocycles. The Hall–Kier alpha value is -2.02. The first-order chi connectivity index (χ1) is 6.54. The van der Waals surface area contributed by atoms with Gasteiger partial charge in [-0.3, -0.25) is 4.79 Å². The zero-order valence-corrected chi connectivity index (χ0v) is 7.61. The fourth-order valence-electron chi connectivity index (χ4n) is 1.24. The van der Waals surface area contributed by atoms with Gasteiger partial charge in [0.05, 0.1) is 18.1 Å². The van der Waals surface area contributed by atoms with Crippen molar-refractivity contribution in [3.8, 4) is 11.8 Å². The van der Waals surface area contributed by atoms with E-state index in [4.69, 9.17) is 10.4 Å². The van der Waals surface area contributed by atoms with Crippen molar-refractivity contribution < 1.29 is 15.0 Å². The molecule has 0 spiro atoms. The number of hydrogen-bond acceptors (Lipinski definition) is 3. The van der Waals surface area contributed by atoms with E-state index in [1.807, 2.05) is 6.07 Å². The molecule has 2 N–H and O–H groups in total. The molecule has 0 bridgehead atoms. The normalized spacial score (nSPS) is 9.43. The molecule has 72 valence electrons. The van der Waals surface area contributed by atoms with Gasteiger partial charge in [0.2, 0.25) is 0 Å². The lowest BCUT2D eigenvalue weighted by molar-refractivity contribution is -0.136. The van der Waals surface area contributed by atoms with E-state index in [0.29, 0.717) is 16.7 Å². The Morgan fingerprint density at radius 1 is 1.57 bits per heavy atom.